The van der Waals surface area contributed by atoms with E-state index in [4.69, 9.17) is 15.6 Å². The first kappa shape index (κ1) is 12.9. The smallest absolute Gasteiger partial charge is 0.332 e. The zero-order chi connectivity index (χ0) is 12.1. The van der Waals surface area contributed by atoms with E-state index in [2.05, 4.69) is 5.32 Å². The van der Waals surface area contributed by atoms with Crippen molar-refractivity contribution in [1.29, 1.82) is 0 Å². The van der Waals surface area contributed by atoms with E-state index in [0.29, 0.717) is 25.8 Å². The molecule has 1 aliphatic heterocycles. The fraction of sp³-hybridized carbons (Fsp3) is 0.800. The van der Waals surface area contributed by atoms with Gasteiger partial charge in [0.05, 0.1) is 12.1 Å². The van der Waals surface area contributed by atoms with Crippen molar-refractivity contribution in [3.63, 3.8) is 0 Å². The van der Waals surface area contributed by atoms with Crippen molar-refractivity contribution in [3.05, 3.63) is 0 Å². The minimum absolute atomic E-state index is 0.214. The maximum absolute atomic E-state index is 11.3. The quantitative estimate of drug-likeness (QED) is 0.589. The number of carbonyl (C=O) groups is 2. The summed E-state index contributed by atoms with van der Waals surface area (Å²) in [5.41, 5.74) is 5.53. The van der Waals surface area contributed by atoms with Crippen LogP contribution in [0.5, 0.6) is 0 Å². The van der Waals surface area contributed by atoms with E-state index in [1.165, 1.54) is 0 Å². The van der Waals surface area contributed by atoms with Gasteiger partial charge in [-0.15, -0.1) is 0 Å². The largest absolute Gasteiger partial charge is 0.479 e. The Kier molecular flexibility index (Phi) is 4.70. The third-order valence-corrected chi connectivity index (χ3v) is 2.66. The van der Waals surface area contributed by atoms with E-state index in [-0.39, 0.29) is 12.0 Å². The number of amides is 1. The van der Waals surface area contributed by atoms with Crippen LogP contribution in [0.1, 0.15) is 26.2 Å². The maximum atomic E-state index is 11.3. The lowest BCUT2D eigenvalue weighted by Gasteiger charge is -2.14. The number of aliphatic carboxylic acids is 1. The standard InChI is InChI=1S/C10H18N2O4/c1-2-7(11)9(13)12-5-6-3-4-8(16-6)10(14)15/h6-8H,2-5,11H2,1H3,(H,12,13)(H,14,15). The van der Waals surface area contributed by atoms with E-state index < -0.39 is 18.1 Å². The third kappa shape index (κ3) is 3.46. The molecule has 6 heteroatoms. The first-order valence-electron chi connectivity index (χ1n) is 5.46. The molecule has 4 N–H and O–H groups in total. The summed E-state index contributed by atoms with van der Waals surface area (Å²) in [6.45, 7) is 2.16. The molecule has 1 heterocycles. The van der Waals surface area contributed by atoms with Crippen LogP contribution in [0.2, 0.25) is 0 Å². The molecule has 92 valence electrons. The number of carbonyl (C=O) groups excluding carboxylic acids is 1. The number of carboxylic acids is 1. The molecular weight excluding hydrogens is 212 g/mol. The van der Waals surface area contributed by atoms with Crippen LogP contribution in [0, 0.1) is 0 Å². The normalized spacial score (nSPS) is 26.4. The number of hydrogen-bond acceptors (Lipinski definition) is 4. The molecule has 0 bridgehead atoms. The minimum atomic E-state index is -0.945. The molecule has 1 fully saturated rings. The molecule has 3 atom stereocenters. The van der Waals surface area contributed by atoms with Crippen LogP contribution in [0.4, 0.5) is 0 Å². The Labute approximate surface area is 94.1 Å². The zero-order valence-corrected chi connectivity index (χ0v) is 9.31. The highest BCUT2D eigenvalue weighted by Crippen LogP contribution is 2.19. The second kappa shape index (κ2) is 5.81. The van der Waals surface area contributed by atoms with Crippen molar-refractivity contribution in [2.24, 2.45) is 5.73 Å². The topological polar surface area (TPSA) is 102 Å². The monoisotopic (exact) mass is 230 g/mol. The predicted octanol–water partition coefficient (Wildman–Crippen LogP) is -0.528. The van der Waals surface area contributed by atoms with Gasteiger partial charge in [-0.3, -0.25) is 4.79 Å². The zero-order valence-electron chi connectivity index (χ0n) is 9.31. The number of nitrogens with one attached hydrogen (secondary N) is 1. The summed E-state index contributed by atoms with van der Waals surface area (Å²) in [5, 5.41) is 11.4. The second-order valence-corrected chi connectivity index (χ2v) is 3.92. The maximum Gasteiger partial charge on any atom is 0.332 e. The SMILES string of the molecule is CCC(N)C(=O)NCC1CCC(C(=O)O)O1. The van der Waals surface area contributed by atoms with E-state index in [9.17, 15) is 9.59 Å². The first-order chi connectivity index (χ1) is 7.54. The highest BCUT2D eigenvalue weighted by atomic mass is 16.5. The molecule has 1 saturated heterocycles. The molecule has 16 heavy (non-hydrogen) atoms. The van der Waals surface area contributed by atoms with E-state index in [1.54, 1.807) is 0 Å². The lowest BCUT2D eigenvalue weighted by atomic mass is 10.2. The van der Waals surface area contributed by atoms with Crippen molar-refractivity contribution >= 4 is 11.9 Å². The lowest BCUT2D eigenvalue weighted by Crippen LogP contribution is -2.43. The van der Waals surface area contributed by atoms with Crippen LogP contribution in [0.15, 0.2) is 0 Å². The Morgan fingerprint density at radius 2 is 2.25 bits per heavy atom. The Balaban J connectivity index is 2.25. The summed E-state index contributed by atoms with van der Waals surface area (Å²) < 4.78 is 5.23. The number of ether oxygens (including phenoxy) is 1. The van der Waals surface area contributed by atoms with E-state index in [1.807, 2.05) is 6.92 Å². The van der Waals surface area contributed by atoms with Gasteiger partial charge in [-0.05, 0) is 19.3 Å². The van der Waals surface area contributed by atoms with Gasteiger partial charge < -0.3 is 20.9 Å². The van der Waals surface area contributed by atoms with Gasteiger partial charge >= 0.3 is 5.97 Å². The number of hydrogen-bond donors (Lipinski definition) is 3. The molecule has 0 aromatic heterocycles. The summed E-state index contributed by atoms with van der Waals surface area (Å²) in [7, 11) is 0. The molecule has 0 aromatic rings. The van der Waals surface area contributed by atoms with Crippen LogP contribution < -0.4 is 11.1 Å². The van der Waals surface area contributed by atoms with Gasteiger partial charge in [0.2, 0.25) is 5.91 Å². The van der Waals surface area contributed by atoms with Gasteiger partial charge in [0, 0.05) is 6.54 Å². The molecule has 1 aliphatic rings. The molecule has 1 amide bonds. The second-order valence-electron chi connectivity index (χ2n) is 3.92. The number of nitrogens with two attached hydrogens (primary N) is 1. The van der Waals surface area contributed by atoms with Gasteiger partial charge in [0.15, 0.2) is 6.10 Å². The Hall–Kier alpha value is -1.14. The highest BCUT2D eigenvalue weighted by molar-refractivity contribution is 5.81. The first-order valence-corrected chi connectivity index (χ1v) is 5.46. The van der Waals surface area contributed by atoms with Crippen LogP contribution >= 0.6 is 0 Å². The molecule has 1 rings (SSSR count). The summed E-state index contributed by atoms with van der Waals surface area (Å²) >= 11 is 0. The van der Waals surface area contributed by atoms with Gasteiger partial charge in [-0.25, -0.2) is 4.79 Å². The Morgan fingerprint density at radius 3 is 2.75 bits per heavy atom. The Bertz CT molecular complexity index is 270. The molecule has 0 aromatic carbocycles. The third-order valence-electron chi connectivity index (χ3n) is 2.66. The Morgan fingerprint density at radius 1 is 1.56 bits per heavy atom. The van der Waals surface area contributed by atoms with Crippen molar-refractivity contribution < 1.29 is 19.4 Å². The lowest BCUT2D eigenvalue weighted by molar-refractivity contribution is -0.149. The van der Waals surface area contributed by atoms with Crippen LogP contribution in [-0.4, -0.2) is 41.8 Å². The average Bonchev–Trinajstić information content (AvgIpc) is 2.73. The summed E-state index contributed by atoms with van der Waals surface area (Å²) in [6, 6.07) is -0.503. The van der Waals surface area contributed by atoms with Crippen molar-refractivity contribution in [2.75, 3.05) is 6.54 Å². The molecule has 3 unspecified atom stereocenters. The van der Waals surface area contributed by atoms with Gasteiger partial charge in [0.25, 0.3) is 0 Å². The number of carboxylic acid groups (broad SMARTS) is 1. The number of rotatable bonds is 5. The molecule has 0 saturated carbocycles. The highest BCUT2D eigenvalue weighted by Gasteiger charge is 2.30. The van der Waals surface area contributed by atoms with Gasteiger partial charge in [0.1, 0.15) is 0 Å². The minimum Gasteiger partial charge on any atom is -0.479 e. The summed E-state index contributed by atoms with van der Waals surface area (Å²) in [5.74, 6) is -1.16. The van der Waals surface area contributed by atoms with Crippen LogP contribution in [0.3, 0.4) is 0 Å². The summed E-state index contributed by atoms with van der Waals surface area (Å²) in [6.07, 6.45) is 0.777. The van der Waals surface area contributed by atoms with Crippen molar-refractivity contribution in [3.8, 4) is 0 Å². The molecular formula is C10H18N2O4. The molecule has 0 radical (unpaired) electrons. The van der Waals surface area contributed by atoms with E-state index in [0.717, 1.165) is 0 Å². The van der Waals surface area contributed by atoms with Gasteiger partial charge in [-0.1, -0.05) is 6.92 Å². The van der Waals surface area contributed by atoms with Crippen molar-refractivity contribution in [2.45, 2.75) is 44.4 Å². The molecule has 0 spiro atoms. The fourth-order valence-corrected chi connectivity index (χ4v) is 1.57. The van der Waals surface area contributed by atoms with Crippen molar-refractivity contribution in [1.82, 2.24) is 5.32 Å². The van der Waals surface area contributed by atoms with Gasteiger partial charge in [-0.2, -0.15) is 0 Å². The van der Waals surface area contributed by atoms with Crippen LogP contribution in [0.25, 0.3) is 0 Å². The molecule has 0 aliphatic carbocycles. The molecule has 6 nitrogen and oxygen atoms in total. The average molecular weight is 230 g/mol. The summed E-state index contributed by atoms with van der Waals surface area (Å²) in [4.78, 5) is 21.9. The predicted molar refractivity (Wildman–Crippen MR) is 56.8 cm³/mol. The fourth-order valence-electron chi connectivity index (χ4n) is 1.57. The van der Waals surface area contributed by atoms with Crippen LogP contribution in [-0.2, 0) is 14.3 Å². The van der Waals surface area contributed by atoms with E-state index >= 15 is 0 Å².